The van der Waals surface area contributed by atoms with E-state index in [1.165, 1.54) is 12.1 Å². The Morgan fingerprint density at radius 3 is 2.34 bits per heavy atom. The molecule has 2 aromatic carbocycles. The van der Waals surface area contributed by atoms with Crippen LogP contribution in [0.4, 0.5) is 5.69 Å². The molecule has 0 unspecified atom stereocenters. The third kappa shape index (κ3) is 5.71. The molecule has 0 aliphatic carbocycles. The fraction of sp³-hybridized carbons (Fsp3) is 0.364. The van der Waals surface area contributed by atoms with Gasteiger partial charge in [-0.3, -0.25) is 4.79 Å². The van der Waals surface area contributed by atoms with E-state index in [1.54, 1.807) is 30.3 Å². The summed E-state index contributed by atoms with van der Waals surface area (Å²) < 4.78 is 16.9. The minimum atomic E-state index is -1.08. The van der Waals surface area contributed by atoms with Gasteiger partial charge in [-0.1, -0.05) is 0 Å². The molecule has 0 bridgehead atoms. The summed E-state index contributed by atoms with van der Waals surface area (Å²) in [6, 6.07) is 11.2. The zero-order valence-electron chi connectivity index (χ0n) is 16.5. The van der Waals surface area contributed by atoms with Gasteiger partial charge >= 0.3 is 5.97 Å². The van der Waals surface area contributed by atoms with Crippen molar-refractivity contribution in [1.82, 2.24) is 0 Å². The van der Waals surface area contributed by atoms with E-state index in [9.17, 15) is 14.7 Å². The van der Waals surface area contributed by atoms with E-state index < -0.39 is 5.97 Å². The van der Waals surface area contributed by atoms with E-state index >= 15 is 0 Å². The van der Waals surface area contributed by atoms with Crippen molar-refractivity contribution in [3.05, 3.63) is 53.6 Å². The summed E-state index contributed by atoms with van der Waals surface area (Å²) in [5, 5.41) is 12.0. The molecule has 1 aliphatic rings. The van der Waals surface area contributed by atoms with Gasteiger partial charge in [0.2, 0.25) is 0 Å². The Morgan fingerprint density at radius 1 is 1.07 bits per heavy atom. The Balaban J connectivity index is 1.71. The lowest BCUT2D eigenvalue weighted by molar-refractivity contribution is 0.0255. The smallest absolute Gasteiger partial charge is 0.335 e. The van der Waals surface area contributed by atoms with E-state index in [1.807, 2.05) is 13.8 Å². The average molecular weight is 399 g/mol. The Morgan fingerprint density at radius 2 is 1.72 bits per heavy atom. The monoisotopic (exact) mass is 399 g/mol. The van der Waals surface area contributed by atoms with Crippen LogP contribution < -0.4 is 14.8 Å². The van der Waals surface area contributed by atoms with Gasteiger partial charge in [-0.15, -0.1) is 0 Å². The molecule has 1 fully saturated rings. The molecular formula is C22H25NO6. The van der Waals surface area contributed by atoms with E-state index in [0.717, 1.165) is 12.8 Å². The second-order valence-corrected chi connectivity index (χ2v) is 7.09. The maximum atomic E-state index is 12.7. The van der Waals surface area contributed by atoms with Crippen LogP contribution in [0.3, 0.4) is 0 Å². The van der Waals surface area contributed by atoms with E-state index in [4.69, 9.17) is 14.2 Å². The first kappa shape index (κ1) is 20.7. The highest BCUT2D eigenvalue weighted by atomic mass is 16.5. The summed E-state index contributed by atoms with van der Waals surface area (Å²) in [4.78, 5) is 23.9. The van der Waals surface area contributed by atoms with Gasteiger partial charge in [0.25, 0.3) is 5.91 Å². The topological polar surface area (TPSA) is 94.1 Å². The van der Waals surface area contributed by atoms with E-state index in [0.29, 0.717) is 36.0 Å². The van der Waals surface area contributed by atoms with Crippen LogP contribution in [0, 0.1) is 0 Å². The number of nitrogens with one attached hydrogen (secondary N) is 1. The predicted molar refractivity (Wildman–Crippen MR) is 108 cm³/mol. The van der Waals surface area contributed by atoms with Crippen LogP contribution in [0.15, 0.2) is 42.5 Å². The minimum absolute atomic E-state index is 0.0663. The van der Waals surface area contributed by atoms with Crippen LogP contribution in [-0.2, 0) is 4.74 Å². The summed E-state index contributed by atoms with van der Waals surface area (Å²) in [5.74, 6) is -0.326. The lowest BCUT2D eigenvalue weighted by Gasteiger charge is -2.23. The lowest BCUT2D eigenvalue weighted by atomic mass is 10.1. The van der Waals surface area contributed by atoms with Crippen molar-refractivity contribution in [2.45, 2.75) is 38.9 Å². The zero-order valence-corrected chi connectivity index (χ0v) is 16.5. The van der Waals surface area contributed by atoms with E-state index in [2.05, 4.69) is 5.32 Å². The molecule has 2 N–H and O–H groups in total. The normalized spacial score (nSPS) is 14.4. The molecule has 3 rings (SSSR count). The first-order valence-electron chi connectivity index (χ1n) is 9.62. The maximum absolute atomic E-state index is 12.7. The SMILES string of the molecule is CC(C)Oc1ccc(C(=O)O)cc1NC(=O)c1ccc(OC2CCOCC2)cc1. The first-order valence-corrected chi connectivity index (χ1v) is 9.62. The molecule has 1 amide bonds. The quantitative estimate of drug-likeness (QED) is 0.731. The number of benzene rings is 2. The highest BCUT2D eigenvalue weighted by Gasteiger charge is 2.17. The molecule has 0 saturated carbocycles. The van der Waals surface area contributed by atoms with Crippen LogP contribution >= 0.6 is 0 Å². The number of hydrogen-bond donors (Lipinski definition) is 2. The molecule has 0 radical (unpaired) electrons. The number of carboxylic acids is 1. The first-order chi connectivity index (χ1) is 13.9. The molecule has 2 aromatic rings. The van der Waals surface area contributed by atoms with Gasteiger partial charge in [-0.2, -0.15) is 0 Å². The Kier molecular flexibility index (Phi) is 6.72. The number of rotatable bonds is 7. The molecule has 7 heteroatoms. The highest BCUT2D eigenvalue weighted by Crippen LogP contribution is 2.28. The standard InChI is InChI=1S/C22H25NO6/c1-14(2)28-20-8-5-16(22(25)26)13-19(20)23-21(24)15-3-6-17(7-4-15)29-18-9-11-27-12-10-18/h3-8,13-14,18H,9-12H2,1-2H3,(H,23,24)(H,25,26). The molecule has 1 saturated heterocycles. The lowest BCUT2D eigenvalue weighted by Crippen LogP contribution is -2.25. The third-order valence-electron chi connectivity index (χ3n) is 4.42. The van der Waals surface area contributed by atoms with Gasteiger partial charge in [-0.25, -0.2) is 4.79 Å². The molecule has 0 aromatic heterocycles. The predicted octanol–water partition coefficient (Wildman–Crippen LogP) is 3.98. The number of anilines is 1. The van der Waals surface area contributed by atoms with Gasteiger partial charge in [0, 0.05) is 18.4 Å². The number of carbonyl (C=O) groups is 2. The van der Waals surface area contributed by atoms with Crippen LogP contribution in [-0.4, -0.2) is 42.4 Å². The average Bonchev–Trinajstić information content (AvgIpc) is 2.70. The van der Waals surface area contributed by atoms with Gasteiger partial charge in [0.05, 0.1) is 30.6 Å². The van der Waals surface area contributed by atoms with Gasteiger partial charge in [-0.05, 0) is 56.3 Å². The number of hydrogen-bond acceptors (Lipinski definition) is 5. The van der Waals surface area contributed by atoms with Crippen molar-refractivity contribution in [1.29, 1.82) is 0 Å². The highest BCUT2D eigenvalue weighted by molar-refractivity contribution is 6.05. The fourth-order valence-corrected chi connectivity index (χ4v) is 2.98. The summed E-state index contributed by atoms with van der Waals surface area (Å²) in [7, 11) is 0. The summed E-state index contributed by atoms with van der Waals surface area (Å²) in [5.41, 5.74) is 0.809. The summed E-state index contributed by atoms with van der Waals surface area (Å²) in [6.45, 7) is 5.10. The van der Waals surface area contributed by atoms with Crippen molar-refractivity contribution in [3.63, 3.8) is 0 Å². The molecule has 154 valence electrons. The molecule has 1 aliphatic heterocycles. The third-order valence-corrected chi connectivity index (χ3v) is 4.42. The second-order valence-electron chi connectivity index (χ2n) is 7.09. The second kappa shape index (κ2) is 9.43. The maximum Gasteiger partial charge on any atom is 0.335 e. The number of carbonyl (C=O) groups excluding carboxylic acids is 1. The molecule has 7 nitrogen and oxygen atoms in total. The van der Waals surface area contributed by atoms with E-state index in [-0.39, 0.29) is 23.7 Å². The van der Waals surface area contributed by atoms with Crippen molar-refractivity contribution in [3.8, 4) is 11.5 Å². The molecular weight excluding hydrogens is 374 g/mol. The van der Waals surface area contributed by atoms with Crippen LogP contribution in [0.1, 0.15) is 47.4 Å². The minimum Gasteiger partial charge on any atom is -0.490 e. The number of carboxylic acid groups (broad SMARTS) is 1. The van der Waals surface area contributed by atoms with Crippen LogP contribution in [0.5, 0.6) is 11.5 Å². The summed E-state index contributed by atoms with van der Waals surface area (Å²) in [6.07, 6.45) is 1.70. The fourth-order valence-electron chi connectivity index (χ4n) is 2.98. The van der Waals surface area contributed by atoms with Crippen LogP contribution in [0.2, 0.25) is 0 Å². The Hall–Kier alpha value is -3.06. The zero-order chi connectivity index (χ0) is 20.8. The molecule has 29 heavy (non-hydrogen) atoms. The molecule has 1 heterocycles. The molecule has 0 atom stereocenters. The molecule has 0 spiro atoms. The van der Waals surface area contributed by atoms with Crippen molar-refractivity contribution >= 4 is 17.6 Å². The number of aromatic carboxylic acids is 1. The Bertz CT molecular complexity index is 856. The Labute approximate surface area is 169 Å². The number of ether oxygens (including phenoxy) is 3. The van der Waals surface area contributed by atoms with Gasteiger partial charge < -0.3 is 24.6 Å². The van der Waals surface area contributed by atoms with Crippen molar-refractivity contribution < 1.29 is 28.9 Å². The largest absolute Gasteiger partial charge is 0.490 e. The van der Waals surface area contributed by atoms with Gasteiger partial charge in [0.15, 0.2) is 0 Å². The van der Waals surface area contributed by atoms with Crippen LogP contribution in [0.25, 0.3) is 0 Å². The van der Waals surface area contributed by atoms with Gasteiger partial charge in [0.1, 0.15) is 17.6 Å². The summed E-state index contributed by atoms with van der Waals surface area (Å²) >= 11 is 0. The van der Waals surface area contributed by atoms with Crippen molar-refractivity contribution in [2.75, 3.05) is 18.5 Å². The van der Waals surface area contributed by atoms with Crippen molar-refractivity contribution in [2.24, 2.45) is 0 Å². The number of amides is 1.